The molecule has 8 heteroatoms. The lowest BCUT2D eigenvalue weighted by Crippen LogP contribution is -2.46. The number of likely N-dealkylation sites (tertiary alicyclic amines) is 1. The number of furan rings is 1. The lowest BCUT2D eigenvalue weighted by molar-refractivity contribution is 0.0667. The summed E-state index contributed by atoms with van der Waals surface area (Å²) in [7, 11) is 0. The highest BCUT2D eigenvalue weighted by Gasteiger charge is 2.26. The number of amides is 3. The predicted molar refractivity (Wildman–Crippen MR) is 121 cm³/mol. The van der Waals surface area contributed by atoms with E-state index in [0.717, 1.165) is 5.56 Å². The molecule has 170 valence electrons. The minimum Gasteiger partial charge on any atom is -0.488 e. The van der Waals surface area contributed by atoms with Crippen LogP contribution < -0.4 is 15.8 Å². The minimum atomic E-state index is -0.560. The van der Waals surface area contributed by atoms with Gasteiger partial charge in [0.1, 0.15) is 12.4 Å². The summed E-state index contributed by atoms with van der Waals surface area (Å²) in [6.45, 7) is 1.30. The lowest BCUT2D eigenvalue weighted by atomic mass is 10.0. The Morgan fingerprint density at radius 1 is 1.03 bits per heavy atom. The number of benzene rings is 2. The van der Waals surface area contributed by atoms with Crippen LogP contribution in [0.25, 0.3) is 0 Å². The van der Waals surface area contributed by atoms with Gasteiger partial charge in [-0.1, -0.05) is 24.3 Å². The quantitative estimate of drug-likeness (QED) is 0.578. The van der Waals surface area contributed by atoms with Crippen molar-refractivity contribution < 1.29 is 23.5 Å². The predicted octanol–water partition coefficient (Wildman–Crippen LogP) is 2.99. The van der Waals surface area contributed by atoms with E-state index in [0.29, 0.717) is 48.6 Å². The number of piperidine rings is 1. The second-order valence-electron chi connectivity index (χ2n) is 7.87. The number of primary amides is 1. The van der Waals surface area contributed by atoms with Gasteiger partial charge in [-0.05, 0) is 54.8 Å². The molecule has 0 spiro atoms. The van der Waals surface area contributed by atoms with E-state index in [1.165, 1.54) is 6.26 Å². The van der Waals surface area contributed by atoms with Gasteiger partial charge < -0.3 is 25.1 Å². The third-order valence-corrected chi connectivity index (χ3v) is 5.59. The Hall–Kier alpha value is -4.07. The van der Waals surface area contributed by atoms with Crippen LogP contribution in [0.1, 0.15) is 49.7 Å². The monoisotopic (exact) mass is 447 g/mol. The van der Waals surface area contributed by atoms with E-state index in [1.807, 2.05) is 6.07 Å². The lowest BCUT2D eigenvalue weighted by Gasteiger charge is -2.31. The zero-order valence-corrected chi connectivity index (χ0v) is 18.0. The molecule has 0 aliphatic carbocycles. The zero-order chi connectivity index (χ0) is 23.2. The molecule has 1 aliphatic rings. The Labute approximate surface area is 191 Å². The summed E-state index contributed by atoms with van der Waals surface area (Å²) in [5.41, 5.74) is 7.01. The smallest absolute Gasteiger partial charge is 0.289 e. The maximum absolute atomic E-state index is 12.8. The topological polar surface area (TPSA) is 115 Å². The van der Waals surface area contributed by atoms with Gasteiger partial charge in [-0.3, -0.25) is 14.4 Å². The van der Waals surface area contributed by atoms with Gasteiger partial charge in [0.15, 0.2) is 5.76 Å². The fourth-order valence-electron chi connectivity index (χ4n) is 3.81. The first-order valence-electron chi connectivity index (χ1n) is 10.8. The van der Waals surface area contributed by atoms with Crippen LogP contribution in [0.4, 0.5) is 0 Å². The van der Waals surface area contributed by atoms with Gasteiger partial charge in [-0.25, -0.2) is 0 Å². The molecule has 2 heterocycles. The summed E-state index contributed by atoms with van der Waals surface area (Å²) in [5, 5.41) is 3.05. The third kappa shape index (κ3) is 5.41. The van der Waals surface area contributed by atoms with Crippen molar-refractivity contribution in [2.75, 3.05) is 13.1 Å². The molecule has 0 saturated carbocycles. The summed E-state index contributed by atoms with van der Waals surface area (Å²) >= 11 is 0. The number of carbonyl (C=O) groups excluding carboxylic acids is 3. The van der Waals surface area contributed by atoms with Crippen LogP contribution in [0.3, 0.4) is 0 Å². The summed E-state index contributed by atoms with van der Waals surface area (Å²) in [5.74, 6) is -0.137. The first-order chi connectivity index (χ1) is 16.0. The molecule has 3 aromatic rings. The molecule has 2 aromatic carbocycles. The molecular formula is C25H25N3O5. The van der Waals surface area contributed by atoms with Crippen molar-refractivity contribution in [3.63, 3.8) is 0 Å². The molecule has 1 aromatic heterocycles. The average Bonchev–Trinajstić information content (AvgIpc) is 3.38. The molecule has 0 radical (unpaired) electrons. The fourth-order valence-corrected chi connectivity index (χ4v) is 3.81. The number of rotatable bonds is 7. The van der Waals surface area contributed by atoms with Gasteiger partial charge >= 0.3 is 0 Å². The molecule has 33 heavy (non-hydrogen) atoms. The summed E-state index contributed by atoms with van der Waals surface area (Å²) in [6, 6.07) is 17.2. The van der Waals surface area contributed by atoms with Crippen molar-refractivity contribution in [1.29, 1.82) is 0 Å². The van der Waals surface area contributed by atoms with E-state index >= 15 is 0 Å². The Morgan fingerprint density at radius 3 is 2.55 bits per heavy atom. The maximum atomic E-state index is 12.8. The van der Waals surface area contributed by atoms with E-state index in [-0.39, 0.29) is 24.5 Å². The summed E-state index contributed by atoms with van der Waals surface area (Å²) < 4.78 is 10.9. The van der Waals surface area contributed by atoms with Crippen molar-refractivity contribution in [3.05, 3.63) is 89.4 Å². The van der Waals surface area contributed by atoms with E-state index in [4.69, 9.17) is 14.9 Å². The van der Waals surface area contributed by atoms with Gasteiger partial charge in [0.05, 0.1) is 11.8 Å². The number of hydrogen-bond donors (Lipinski definition) is 2. The maximum Gasteiger partial charge on any atom is 0.289 e. The molecule has 1 aliphatic heterocycles. The van der Waals surface area contributed by atoms with Crippen LogP contribution in [0.5, 0.6) is 5.75 Å². The molecule has 3 N–H and O–H groups in total. The van der Waals surface area contributed by atoms with Crippen LogP contribution in [0, 0.1) is 0 Å². The minimum absolute atomic E-state index is 0.0134. The van der Waals surface area contributed by atoms with E-state index in [9.17, 15) is 14.4 Å². The van der Waals surface area contributed by atoms with E-state index in [1.54, 1.807) is 59.5 Å². The van der Waals surface area contributed by atoms with Crippen molar-refractivity contribution >= 4 is 17.7 Å². The van der Waals surface area contributed by atoms with Crippen LogP contribution in [0.2, 0.25) is 0 Å². The second-order valence-corrected chi connectivity index (χ2v) is 7.87. The molecule has 0 atom stereocenters. The third-order valence-electron chi connectivity index (χ3n) is 5.59. The molecule has 8 nitrogen and oxygen atoms in total. The van der Waals surface area contributed by atoms with Crippen LogP contribution in [-0.4, -0.2) is 41.8 Å². The number of ether oxygens (including phenoxy) is 1. The molecule has 0 bridgehead atoms. The Morgan fingerprint density at radius 2 is 1.82 bits per heavy atom. The first kappa shape index (κ1) is 22.1. The number of nitrogens with zero attached hydrogens (tertiary/aromatic N) is 1. The van der Waals surface area contributed by atoms with Crippen LogP contribution in [0.15, 0.2) is 71.3 Å². The number of carbonyl (C=O) groups is 3. The molecule has 1 fully saturated rings. The number of hydrogen-bond acceptors (Lipinski definition) is 5. The normalized spacial score (nSPS) is 14.0. The van der Waals surface area contributed by atoms with Crippen molar-refractivity contribution in [2.45, 2.75) is 25.5 Å². The van der Waals surface area contributed by atoms with Crippen LogP contribution in [-0.2, 0) is 6.61 Å². The first-order valence-corrected chi connectivity index (χ1v) is 10.8. The number of nitrogens with one attached hydrogen (secondary N) is 1. The summed E-state index contributed by atoms with van der Waals surface area (Å²) in [4.78, 5) is 38.4. The average molecular weight is 447 g/mol. The molecule has 3 amide bonds. The highest BCUT2D eigenvalue weighted by atomic mass is 16.5. The van der Waals surface area contributed by atoms with Gasteiger partial charge in [0, 0.05) is 24.7 Å². The van der Waals surface area contributed by atoms with Gasteiger partial charge in [-0.2, -0.15) is 0 Å². The van der Waals surface area contributed by atoms with Gasteiger partial charge in [-0.15, -0.1) is 0 Å². The Balaban J connectivity index is 1.31. The zero-order valence-electron chi connectivity index (χ0n) is 18.0. The van der Waals surface area contributed by atoms with Gasteiger partial charge in [0.25, 0.3) is 17.7 Å². The molecule has 0 unspecified atom stereocenters. The van der Waals surface area contributed by atoms with E-state index in [2.05, 4.69) is 5.32 Å². The Bertz CT molecular complexity index is 1130. The SMILES string of the molecule is NC(=O)c1ccccc1OCc1cccc(C(=O)NC2CCN(C(=O)c3ccco3)CC2)c1. The molecule has 1 saturated heterocycles. The standard InChI is InChI=1S/C25H25N3O5/c26-23(29)20-7-1-2-8-21(20)33-16-17-5-3-6-18(15-17)24(30)27-19-10-12-28(13-11-19)25(31)22-9-4-14-32-22/h1-9,14-15,19H,10-13,16H2,(H2,26,29)(H,27,30). The second kappa shape index (κ2) is 10.0. The van der Waals surface area contributed by atoms with E-state index < -0.39 is 5.91 Å². The van der Waals surface area contributed by atoms with Crippen LogP contribution >= 0.6 is 0 Å². The number of nitrogens with two attached hydrogens (primary N) is 1. The Kier molecular flexibility index (Phi) is 6.73. The highest BCUT2D eigenvalue weighted by molar-refractivity contribution is 5.96. The van der Waals surface area contributed by atoms with Gasteiger partial charge in [0.2, 0.25) is 0 Å². The molecule has 4 rings (SSSR count). The number of para-hydroxylation sites is 1. The summed E-state index contributed by atoms with van der Waals surface area (Å²) in [6.07, 6.45) is 2.83. The van der Waals surface area contributed by atoms with Crippen molar-refractivity contribution in [3.8, 4) is 5.75 Å². The molecular weight excluding hydrogens is 422 g/mol. The fraction of sp³-hybridized carbons (Fsp3) is 0.240. The van der Waals surface area contributed by atoms with Crippen molar-refractivity contribution in [2.24, 2.45) is 5.73 Å². The van der Waals surface area contributed by atoms with Crippen molar-refractivity contribution in [1.82, 2.24) is 10.2 Å². The highest BCUT2D eigenvalue weighted by Crippen LogP contribution is 2.19. The largest absolute Gasteiger partial charge is 0.488 e.